The van der Waals surface area contributed by atoms with Crippen LogP contribution in [0.4, 0.5) is 5.82 Å². The van der Waals surface area contributed by atoms with Gasteiger partial charge in [0.1, 0.15) is 27.8 Å². The monoisotopic (exact) mass is 346 g/mol. The first-order chi connectivity index (χ1) is 13.1. The van der Waals surface area contributed by atoms with Crippen LogP contribution in [0.15, 0.2) is 54.9 Å². The summed E-state index contributed by atoms with van der Waals surface area (Å²) in [5, 5.41) is 13.9. The second kappa shape index (κ2) is 7.23. The van der Waals surface area contributed by atoms with Gasteiger partial charge in [0.05, 0.1) is 5.52 Å². The van der Waals surface area contributed by atoms with E-state index < -0.39 is 0 Å². The van der Waals surface area contributed by atoms with Crippen LogP contribution in [0.25, 0.3) is 21.7 Å². The lowest BCUT2D eigenvalue weighted by Gasteiger charge is -2.10. The van der Waals surface area contributed by atoms with Crippen molar-refractivity contribution in [1.29, 1.82) is 5.41 Å². The number of anilines is 1. The Bertz CT molecular complexity index is 1160. The molecule has 6 heteroatoms. The summed E-state index contributed by atoms with van der Waals surface area (Å²) in [6.45, 7) is 0.733. The van der Waals surface area contributed by atoms with E-state index in [1.807, 2.05) is 30.3 Å². The highest BCUT2D eigenvalue weighted by Gasteiger charge is 2.05. The summed E-state index contributed by atoms with van der Waals surface area (Å²) in [6, 6.07) is 15.8. The zero-order valence-corrected chi connectivity index (χ0v) is 14.7. The number of nitrogens with zero attached hydrogens (tertiary/aromatic N) is 2. The van der Waals surface area contributed by atoms with Crippen molar-refractivity contribution in [3.63, 3.8) is 0 Å². The van der Waals surface area contributed by atoms with Crippen molar-refractivity contribution in [2.45, 2.75) is 6.42 Å². The molecule has 0 aliphatic carbocycles. The maximum atomic E-state index is 7.43. The van der Waals surface area contributed by atoms with Gasteiger partial charge < -0.3 is 10.7 Å². The third-order valence-electron chi connectivity index (χ3n) is 4.64. The van der Waals surface area contributed by atoms with Crippen molar-refractivity contribution >= 4 is 60.3 Å². The van der Waals surface area contributed by atoms with Crippen LogP contribution in [-0.2, 0) is 6.42 Å². The molecule has 0 unspecified atom stereocenters. The van der Waals surface area contributed by atoms with Gasteiger partial charge in [-0.2, -0.15) is 0 Å². The standard InChI is InChI=1S/C21H16B2N4/c22-18-9-15-3-1-13(7-16(15)10-19(18)23)5-6-25-21-17-8-14(11-24)2-4-20(17)26-12-27-21/h1-4,7-12,24H,5-6H2,(H,25,26,27). The van der Waals surface area contributed by atoms with E-state index in [0.29, 0.717) is 10.9 Å². The second-order valence-corrected chi connectivity index (χ2v) is 6.48. The van der Waals surface area contributed by atoms with Crippen molar-refractivity contribution in [3.8, 4) is 0 Å². The van der Waals surface area contributed by atoms with Gasteiger partial charge in [0.15, 0.2) is 0 Å². The van der Waals surface area contributed by atoms with E-state index in [2.05, 4.69) is 33.5 Å². The Morgan fingerprint density at radius 1 is 0.926 bits per heavy atom. The second-order valence-electron chi connectivity index (χ2n) is 6.48. The van der Waals surface area contributed by atoms with Crippen molar-refractivity contribution in [1.82, 2.24) is 9.97 Å². The zero-order chi connectivity index (χ0) is 18.8. The van der Waals surface area contributed by atoms with Gasteiger partial charge >= 0.3 is 0 Å². The molecular formula is C21H16B2N4. The van der Waals surface area contributed by atoms with E-state index >= 15 is 0 Å². The average Bonchev–Trinajstić information content (AvgIpc) is 2.69. The van der Waals surface area contributed by atoms with Gasteiger partial charge in [0.25, 0.3) is 0 Å². The lowest BCUT2D eigenvalue weighted by atomic mass is 9.79. The molecule has 1 heterocycles. The smallest absolute Gasteiger partial charge is 0.137 e. The molecule has 0 atom stereocenters. The fraction of sp³-hybridized carbons (Fsp3) is 0.0952. The summed E-state index contributed by atoms with van der Waals surface area (Å²) < 4.78 is 0. The van der Waals surface area contributed by atoms with Crippen LogP contribution in [0.3, 0.4) is 0 Å². The molecule has 0 aliphatic rings. The van der Waals surface area contributed by atoms with E-state index in [1.54, 1.807) is 6.33 Å². The molecule has 4 radical (unpaired) electrons. The molecule has 2 N–H and O–H groups in total. The summed E-state index contributed by atoms with van der Waals surface area (Å²) in [6.07, 6.45) is 3.72. The molecule has 4 aromatic rings. The normalized spacial score (nSPS) is 11.0. The molecule has 0 bridgehead atoms. The molecule has 1 aromatic heterocycles. The summed E-state index contributed by atoms with van der Waals surface area (Å²) in [4.78, 5) is 8.64. The van der Waals surface area contributed by atoms with Gasteiger partial charge in [-0.1, -0.05) is 36.4 Å². The van der Waals surface area contributed by atoms with Crippen LogP contribution < -0.4 is 16.2 Å². The molecule has 4 rings (SSSR count). The van der Waals surface area contributed by atoms with Crippen LogP contribution in [0.1, 0.15) is 11.1 Å². The highest BCUT2D eigenvalue weighted by molar-refractivity contribution is 6.49. The number of hydrogen-bond acceptors (Lipinski definition) is 4. The van der Waals surface area contributed by atoms with Crippen LogP contribution in [0.2, 0.25) is 0 Å². The highest BCUT2D eigenvalue weighted by atomic mass is 15.0. The number of fused-ring (bicyclic) bond motifs is 2. The van der Waals surface area contributed by atoms with Gasteiger partial charge in [0.2, 0.25) is 0 Å². The van der Waals surface area contributed by atoms with Crippen LogP contribution in [-0.4, -0.2) is 38.4 Å². The molecule has 0 aliphatic heterocycles. The summed E-state index contributed by atoms with van der Waals surface area (Å²) in [5.74, 6) is 0.779. The summed E-state index contributed by atoms with van der Waals surface area (Å²) in [5.41, 5.74) is 4.10. The zero-order valence-electron chi connectivity index (χ0n) is 14.7. The maximum Gasteiger partial charge on any atom is 0.137 e. The number of benzene rings is 3. The Labute approximate surface area is 160 Å². The lowest BCUT2D eigenvalue weighted by molar-refractivity contribution is 1.01. The van der Waals surface area contributed by atoms with Crippen LogP contribution >= 0.6 is 0 Å². The van der Waals surface area contributed by atoms with E-state index in [0.717, 1.165) is 46.0 Å². The topological polar surface area (TPSA) is 61.7 Å². The molecule has 0 spiro atoms. The highest BCUT2D eigenvalue weighted by Crippen LogP contribution is 2.20. The first-order valence-electron chi connectivity index (χ1n) is 8.71. The maximum absolute atomic E-state index is 7.43. The predicted molar refractivity (Wildman–Crippen MR) is 114 cm³/mol. The summed E-state index contributed by atoms with van der Waals surface area (Å²) in [7, 11) is 11.8. The van der Waals surface area contributed by atoms with Gasteiger partial charge in [-0.3, -0.25) is 0 Å². The molecular weight excluding hydrogens is 330 g/mol. The minimum atomic E-state index is 0.604. The van der Waals surface area contributed by atoms with E-state index in [4.69, 9.17) is 21.1 Å². The van der Waals surface area contributed by atoms with Gasteiger partial charge in [-0.05, 0) is 40.5 Å². The fourth-order valence-corrected chi connectivity index (χ4v) is 3.17. The third-order valence-corrected chi connectivity index (χ3v) is 4.64. The Hall–Kier alpha value is -3.14. The van der Waals surface area contributed by atoms with Crippen molar-refractivity contribution in [3.05, 3.63) is 66.0 Å². The lowest BCUT2D eigenvalue weighted by Crippen LogP contribution is -2.24. The van der Waals surface area contributed by atoms with E-state index in [-0.39, 0.29) is 0 Å². The molecule has 4 nitrogen and oxygen atoms in total. The molecule has 0 saturated carbocycles. The molecule has 0 amide bonds. The first-order valence-corrected chi connectivity index (χ1v) is 8.71. The largest absolute Gasteiger partial charge is 0.369 e. The number of hydrogen-bond donors (Lipinski definition) is 2. The molecule has 3 aromatic carbocycles. The number of nitrogens with one attached hydrogen (secondary N) is 2. The predicted octanol–water partition coefficient (Wildman–Crippen LogP) is 2.02. The Kier molecular flexibility index (Phi) is 4.63. The third kappa shape index (κ3) is 3.56. The van der Waals surface area contributed by atoms with E-state index in [9.17, 15) is 0 Å². The van der Waals surface area contributed by atoms with Crippen molar-refractivity contribution < 1.29 is 0 Å². The minimum Gasteiger partial charge on any atom is -0.369 e. The Morgan fingerprint density at radius 3 is 2.56 bits per heavy atom. The SMILES string of the molecule is [B]c1cc2ccc(CCNc3ncnc4ccc(C=N)cc34)cc2cc1[B]. The quantitative estimate of drug-likeness (QED) is 0.429. The molecule has 0 saturated heterocycles. The Morgan fingerprint density at radius 2 is 1.74 bits per heavy atom. The molecule has 27 heavy (non-hydrogen) atoms. The van der Waals surface area contributed by atoms with Crippen molar-refractivity contribution in [2.24, 2.45) is 0 Å². The van der Waals surface area contributed by atoms with Gasteiger partial charge in [-0.15, -0.1) is 10.9 Å². The van der Waals surface area contributed by atoms with Crippen molar-refractivity contribution in [2.75, 3.05) is 11.9 Å². The average molecular weight is 346 g/mol. The van der Waals surface area contributed by atoms with Gasteiger partial charge in [0, 0.05) is 18.1 Å². The van der Waals surface area contributed by atoms with E-state index in [1.165, 1.54) is 11.8 Å². The molecule has 0 fully saturated rings. The van der Waals surface area contributed by atoms with Gasteiger partial charge in [-0.25, -0.2) is 9.97 Å². The van der Waals surface area contributed by atoms with Crippen LogP contribution in [0, 0.1) is 5.41 Å². The summed E-state index contributed by atoms with van der Waals surface area (Å²) >= 11 is 0. The van der Waals surface area contributed by atoms with Crippen LogP contribution in [0.5, 0.6) is 0 Å². The first kappa shape index (κ1) is 17.3. The Balaban J connectivity index is 1.53. The molecule has 126 valence electrons. The number of rotatable bonds is 5. The number of aromatic nitrogens is 2. The minimum absolute atomic E-state index is 0.604. The fourth-order valence-electron chi connectivity index (χ4n) is 3.17.